The number of hydrogen-bond acceptors (Lipinski definition) is 6. The van der Waals surface area contributed by atoms with Crippen molar-refractivity contribution >= 4 is 23.9 Å². The van der Waals surface area contributed by atoms with Crippen molar-refractivity contribution in [3.05, 3.63) is 41.4 Å². The van der Waals surface area contributed by atoms with Gasteiger partial charge < -0.3 is 19.0 Å². The Morgan fingerprint density at radius 2 is 1.92 bits per heavy atom. The first-order chi connectivity index (χ1) is 12.6. The number of amides is 1. The fourth-order valence-corrected chi connectivity index (χ4v) is 2.79. The van der Waals surface area contributed by atoms with Crippen LogP contribution in [0, 0.1) is 11.3 Å². The average Bonchev–Trinajstić information content (AvgIpc) is 3.10. The summed E-state index contributed by atoms with van der Waals surface area (Å²) in [5.74, 6) is 1.69. The summed E-state index contributed by atoms with van der Waals surface area (Å²) in [4.78, 5) is 19.4. The lowest BCUT2D eigenvalue weighted by Gasteiger charge is -2.33. The Bertz CT molecular complexity index is 841. The molecule has 1 amide bonds. The Labute approximate surface area is 152 Å². The van der Waals surface area contributed by atoms with E-state index in [1.807, 2.05) is 35.2 Å². The van der Waals surface area contributed by atoms with Gasteiger partial charge in [0.15, 0.2) is 0 Å². The van der Waals surface area contributed by atoms with Crippen LogP contribution in [0.5, 0.6) is 5.75 Å². The van der Waals surface area contributed by atoms with Gasteiger partial charge in [0.05, 0.1) is 7.11 Å². The van der Waals surface area contributed by atoms with Crippen LogP contribution in [0.25, 0.3) is 12.2 Å². The molecule has 3 rings (SSSR count). The molecule has 0 radical (unpaired) electrons. The largest absolute Gasteiger partial charge is 0.497 e. The highest BCUT2D eigenvalue weighted by molar-refractivity contribution is 5.73. The van der Waals surface area contributed by atoms with Crippen LogP contribution >= 0.6 is 0 Å². The number of aromatic nitrogens is 1. The molecule has 7 nitrogen and oxygen atoms in total. The van der Waals surface area contributed by atoms with E-state index < -0.39 is 0 Å². The summed E-state index contributed by atoms with van der Waals surface area (Å²) in [6.07, 6.45) is 3.60. The van der Waals surface area contributed by atoms with E-state index in [1.54, 1.807) is 25.0 Å². The van der Waals surface area contributed by atoms with Crippen molar-refractivity contribution in [3.63, 3.8) is 0 Å². The second kappa shape index (κ2) is 7.74. The number of oxazole rings is 1. The molecule has 1 aliphatic rings. The summed E-state index contributed by atoms with van der Waals surface area (Å²) >= 11 is 0. The Morgan fingerprint density at radius 3 is 2.50 bits per heavy atom. The van der Waals surface area contributed by atoms with Crippen LogP contribution < -0.4 is 9.64 Å². The molecule has 134 valence electrons. The second-order valence-electron chi connectivity index (χ2n) is 5.92. The van der Waals surface area contributed by atoms with Crippen LogP contribution in [0.2, 0.25) is 0 Å². The minimum Gasteiger partial charge on any atom is -0.497 e. The molecule has 0 bridgehead atoms. The first-order valence-corrected chi connectivity index (χ1v) is 8.34. The van der Waals surface area contributed by atoms with Gasteiger partial charge in [-0.25, -0.2) is 0 Å². The van der Waals surface area contributed by atoms with Crippen molar-refractivity contribution in [3.8, 4) is 11.8 Å². The Morgan fingerprint density at radius 1 is 1.23 bits per heavy atom. The highest BCUT2D eigenvalue weighted by Gasteiger charge is 2.24. The maximum Gasteiger partial charge on any atom is 0.235 e. The molecule has 2 aromatic rings. The maximum absolute atomic E-state index is 11.4. The van der Waals surface area contributed by atoms with Crippen molar-refractivity contribution in [2.24, 2.45) is 0 Å². The summed E-state index contributed by atoms with van der Waals surface area (Å²) in [5.41, 5.74) is 1.23. The third kappa shape index (κ3) is 3.86. The molecule has 0 saturated carbocycles. The van der Waals surface area contributed by atoms with Crippen LogP contribution in [-0.2, 0) is 4.79 Å². The summed E-state index contributed by atoms with van der Waals surface area (Å²) in [7, 11) is 1.62. The molecule has 0 aliphatic carbocycles. The predicted molar refractivity (Wildman–Crippen MR) is 97.6 cm³/mol. The molecule has 0 N–H and O–H groups in total. The minimum absolute atomic E-state index is 0.0610. The summed E-state index contributed by atoms with van der Waals surface area (Å²) in [6, 6.07) is 9.67. The molecular formula is C19H20N4O3. The third-order valence-electron chi connectivity index (χ3n) is 4.28. The van der Waals surface area contributed by atoms with E-state index >= 15 is 0 Å². The summed E-state index contributed by atoms with van der Waals surface area (Å²) < 4.78 is 10.9. The van der Waals surface area contributed by atoms with Crippen molar-refractivity contribution in [2.75, 3.05) is 38.2 Å². The predicted octanol–water partition coefficient (Wildman–Crippen LogP) is 2.39. The lowest BCUT2D eigenvalue weighted by atomic mass is 10.2. The van der Waals surface area contributed by atoms with Gasteiger partial charge >= 0.3 is 0 Å². The zero-order chi connectivity index (χ0) is 18.5. The Hall–Kier alpha value is -3.27. The first-order valence-electron chi connectivity index (χ1n) is 8.34. The molecule has 7 heteroatoms. The van der Waals surface area contributed by atoms with Gasteiger partial charge in [0.25, 0.3) is 0 Å². The van der Waals surface area contributed by atoms with Crippen molar-refractivity contribution in [1.29, 1.82) is 5.26 Å². The van der Waals surface area contributed by atoms with Gasteiger partial charge in [-0.3, -0.25) is 4.79 Å². The number of carbonyl (C=O) groups is 1. The van der Waals surface area contributed by atoms with Gasteiger partial charge in [-0.2, -0.15) is 10.2 Å². The SMILES string of the molecule is COc1ccc(/C=C/c2nc(C#N)c(N3CCN(C(C)=O)CC3)o2)cc1. The molecule has 0 atom stereocenters. The topological polar surface area (TPSA) is 82.6 Å². The van der Waals surface area contributed by atoms with Crippen LogP contribution in [-0.4, -0.2) is 49.1 Å². The zero-order valence-electron chi connectivity index (χ0n) is 14.8. The van der Waals surface area contributed by atoms with E-state index in [1.165, 1.54) is 0 Å². The normalized spacial score (nSPS) is 14.5. The van der Waals surface area contributed by atoms with Gasteiger partial charge in [0.1, 0.15) is 11.8 Å². The first kappa shape index (κ1) is 17.5. The Balaban J connectivity index is 1.73. The van der Waals surface area contributed by atoms with E-state index in [9.17, 15) is 10.1 Å². The fourth-order valence-electron chi connectivity index (χ4n) is 2.79. The van der Waals surface area contributed by atoms with Crippen molar-refractivity contribution < 1.29 is 13.9 Å². The average molecular weight is 352 g/mol. The Kier molecular flexibility index (Phi) is 5.23. The number of carbonyl (C=O) groups excluding carboxylic acids is 1. The molecule has 0 unspecified atom stereocenters. The number of ether oxygens (including phenoxy) is 1. The van der Waals surface area contributed by atoms with Crippen LogP contribution in [0.4, 0.5) is 5.88 Å². The molecule has 1 aromatic carbocycles. The van der Waals surface area contributed by atoms with Crippen LogP contribution in [0.1, 0.15) is 24.1 Å². The van der Waals surface area contributed by atoms with E-state index in [2.05, 4.69) is 11.1 Å². The van der Waals surface area contributed by atoms with E-state index in [-0.39, 0.29) is 11.6 Å². The van der Waals surface area contributed by atoms with Gasteiger partial charge in [0.2, 0.25) is 23.4 Å². The quantitative estimate of drug-likeness (QED) is 0.840. The van der Waals surface area contributed by atoms with Crippen LogP contribution in [0.15, 0.2) is 28.7 Å². The van der Waals surface area contributed by atoms with E-state index in [0.29, 0.717) is 38.0 Å². The third-order valence-corrected chi connectivity index (χ3v) is 4.28. The monoisotopic (exact) mass is 352 g/mol. The zero-order valence-corrected chi connectivity index (χ0v) is 14.8. The lowest BCUT2D eigenvalue weighted by molar-refractivity contribution is -0.129. The molecule has 2 heterocycles. The molecule has 0 spiro atoms. The second-order valence-corrected chi connectivity index (χ2v) is 5.92. The molecule has 1 fully saturated rings. The number of methoxy groups -OCH3 is 1. The van der Waals surface area contributed by atoms with Crippen LogP contribution in [0.3, 0.4) is 0 Å². The molecule has 1 saturated heterocycles. The van der Waals surface area contributed by atoms with Crippen molar-refractivity contribution in [2.45, 2.75) is 6.92 Å². The van der Waals surface area contributed by atoms with Gasteiger partial charge in [-0.15, -0.1) is 0 Å². The number of nitrogens with zero attached hydrogens (tertiary/aromatic N) is 4. The number of piperazine rings is 1. The smallest absolute Gasteiger partial charge is 0.235 e. The summed E-state index contributed by atoms with van der Waals surface area (Å²) in [6.45, 7) is 4.01. The van der Waals surface area contributed by atoms with Gasteiger partial charge in [-0.05, 0) is 23.8 Å². The lowest BCUT2D eigenvalue weighted by Crippen LogP contribution is -2.48. The molecular weight excluding hydrogens is 332 g/mol. The van der Waals surface area contributed by atoms with Gasteiger partial charge in [-0.1, -0.05) is 12.1 Å². The van der Waals surface area contributed by atoms with Gasteiger partial charge in [0, 0.05) is 39.2 Å². The van der Waals surface area contributed by atoms with E-state index in [4.69, 9.17) is 9.15 Å². The van der Waals surface area contributed by atoms with E-state index in [0.717, 1.165) is 11.3 Å². The fraction of sp³-hybridized carbons (Fsp3) is 0.316. The molecule has 26 heavy (non-hydrogen) atoms. The number of hydrogen-bond donors (Lipinski definition) is 0. The molecule has 1 aliphatic heterocycles. The maximum atomic E-state index is 11.4. The number of benzene rings is 1. The standard InChI is InChI=1S/C19H20N4O3/c1-14(24)22-9-11-23(12-10-22)19-17(13-20)21-18(26-19)8-5-15-3-6-16(25-2)7-4-15/h3-8H,9-12H2,1-2H3/b8-5+. The number of nitriles is 1. The number of anilines is 1. The molecule has 1 aromatic heterocycles. The highest BCUT2D eigenvalue weighted by Crippen LogP contribution is 2.24. The number of rotatable bonds is 4. The minimum atomic E-state index is 0.0610. The van der Waals surface area contributed by atoms with Crippen molar-refractivity contribution in [1.82, 2.24) is 9.88 Å². The highest BCUT2D eigenvalue weighted by atomic mass is 16.5. The summed E-state index contributed by atoms with van der Waals surface area (Å²) in [5, 5.41) is 9.34.